The maximum atomic E-state index is 2.45. The van der Waals surface area contributed by atoms with Gasteiger partial charge in [0.2, 0.25) is 0 Å². The third kappa shape index (κ3) is 2.96. The van der Waals surface area contributed by atoms with E-state index in [0.29, 0.717) is 8.91 Å². The van der Waals surface area contributed by atoms with Crippen LogP contribution in [0.3, 0.4) is 0 Å². The van der Waals surface area contributed by atoms with Gasteiger partial charge < -0.3 is 0 Å². The van der Waals surface area contributed by atoms with Gasteiger partial charge in [0.1, 0.15) is 0 Å². The molecule has 0 aromatic heterocycles. The van der Waals surface area contributed by atoms with Gasteiger partial charge in [0.15, 0.2) is 0 Å². The van der Waals surface area contributed by atoms with Gasteiger partial charge in [-0.3, -0.25) is 0 Å². The average Bonchev–Trinajstić information content (AvgIpc) is 2.94. The van der Waals surface area contributed by atoms with E-state index in [1.165, 1.54) is 11.1 Å². The van der Waals surface area contributed by atoms with Crippen LogP contribution < -0.4 is 0 Å². The summed E-state index contributed by atoms with van der Waals surface area (Å²) in [4.78, 5) is 0. The molecule has 0 fully saturated rings. The van der Waals surface area contributed by atoms with Crippen LogP contribution in [-0.2, 0) is 0 Å². The molecule has 107 valence electrons. The number of allylic oxidation sites excluding steroid dienone is 2. The van der Waals surface area contributed by atoms with Crippen LogP contribution in [-0.4, -0.2) is 18.5 Å². The minimum atomic E-state index is -1.23. The van der Waals surface area contributed by atoms with Gasteiger partial charge in [-0.25, -0.2) is 0 Å². The second-order valence-electron chi connectivity index (χ2n) is 6.51. The van der Waals surface area contributed by atoms with Crippen molar-refractivity contribution in [1.82, 2.24) is 0 Å². The van der Waals surface area contributed by atoms with E-state index in [2.05, 4.69) is 93.6 Å². The van der Waals surface area contributed by atoms with E-state index in [4.69, 9.17) is 0 Å². The van der Waals surface area contributed by atoms with Crippen LogP contribution in [0.5, 0.6) is 0 Å². The van der Waals surface area contributed by atoms with Gasteiger partial charge in [0.05, 0.1) is 0 Å². The summed E-state index contributed by atoms with van der Waals surface area (Å²) in [7, 11) is 0. The van der Waals surface area contributed by atoms with Crippen LogP contribution in [0.15, 0.2) is 72.8 Å². The van der Waals surface area contributed by atoms with E-state index in [-0.39, 0.29) is 0 Å². The normalized spacial score (nSPS) is 20.0. The minimum absolute atomic E-state index is 0.377. The molecule has 1 aliphatic rings. The first kappa shape index (κ1) is 14.5. The Balaban J connectivity index is 2.14. The Hall–Kier alpha value is -1.39. The zero-order chi connectivity index (χ0) is 14.9. The predicted octanol–water partition coefficient (Wildman–Crippen LogP) is 4.98. The first-order valence-corrected chi connectivity index (χ1v) is 10.5. The molecule has 0 spiro atoms. The fraction of sp³-hybridized carbons (Fsp3) is 0.250. The first-order valence-electron chi connectivity index (χ1n) is 7.52. The van der Waals surface area contributed by atoms with E-state index in [0.717, 1.165) is 0 Å². The van der Waals surface area contributed by atoms with Crippen molar-refractivity contribution in [3.63, 3.8) is 0 Å². The molecule has 1 heteroatoms. The van der Waals surface area contributed by atoms with Crippen molar-refractivity contribution >= 4 is 18.5 Å². The Morgan fingerprint density at radius 2 is 1.38 bits per heavy atom. The van der Waals surface area contributed by atoms with Crippen LogP contribution in [0.1, 0.15) is 36.6 Å². The molecule has 2 unspecified atom stereocenters. The van der Waals surface area contributed by atoms with E-state index < -0.39 is 14.2 Å². The topological polar surface area (TPSA) is 0 Å². The molecule has 2 aromatic rings. The summed E-state index contributed by atoms with van der Waals surface area (Å²) in [5, 5.41) is 0. The van der Waals surface area contributed by atoms with Crippen molar-refractivity contribution in [2.75, 3.05) is 0 Å². The molecule has 0 amide bonds. The third-order valence-electron chi connectivity index (χ3n) is 3.91. The maximum absolute atomic E-state index is 2.45. The zero-order valence-corrected chi connectivity index (χ0v) is 14.8. The molecule has 2 aromatic carbocycles. The predicted molar refractivity (Wildman–Crippen MR) is 94.3 cm³/mol. The van der Waals surface area contributed by atoms with Gasteiger partial charge in [0, 0.05) is 0 Å². The van der Waals surface area contributed by atoms with Gasteiger partial charge in [-0.1, -0.05) is 0 Å². The van der Waals surface area contributed by atoms with Crippen LogP contribution in [0.4, 0.5) is 0 Å². The van der Waals surface area contributed by atoms with Crippen molar-refractivity contribution in [3.8, 4) is 0 Å². The Bertz CT molecular complexity index is 673. The molecule has 0 saturated carbocycles. The van der Waals surface area contributed by atoms with Gasteiger partial charge in [-0.15, -0.1) is 0 Å². The molecule has 0 nitrogen and oxygen atoms in total. The van der Waals surface area contributed by atoms with E-state index in [1.54, 1.807) is 4.30 Å². The van der Waals surface area contributed by atoms with Gasteiger partial charge in [-0.05, 0) is 0 Å². The standard InChI is InChI=1S/C20H22As/c1-20(2,3)21-18(16-10-6-4-7-11-16)14-15-19(21)17-12-8-5-9-13-17/h4-15,18H,1-3H3. The van der Waals surface area contributed by atoms with Crippen molar-refractivity contribution < 1.29 is 0 Å². The Kier molecular flexibility index (Phi) is 4.00. The molecule has 1 aliphatic heterocycles. The number of hydrogen-bond donors (Lipinski definition) is 0. The molecule has 0 bridgehead atoms. The summed E-state index contributed by atoms with van der Waals surface area (Å²) in [6, 6.07) is 22.0. The number of benzene rings is 2. The monoisotopic (exact) mass is 337 g/mol. The average molecular weight is 337 g/mol. The summed E-state index contributed by atoms with van der Waals surface area (Å²) >= 11 is -1.23. The van der Waals surface area contributed by atoms with Gasteiger partial charge in [0.25, 0.3) is 0 Å². The van der Waals surface area contributed by atoms with Gasteiger partial charge >= 0.3 is 132 Å². The summed E-state index contributed by atoms with van der Waals surface area (Å²) in [5.74, 6) is 0. The fourth-order valence-corrected chi connectivity index (χ4v) is 9.87. The molecular formula is C20H22As. The van der Waals surface area contributed by atoms with Gasteiger partial charge in [-0.2, -0.15) is 0 Å². The second-order valence-corrected chi connectivity index (χ2v) is 13.1. The second kappa shape index (κ2) is 5.77. The van der Waals surface area contributed by atoms with E-state index in [1.807, 2.05) is 0 Å². The summed E-state index contributed by atoms with van der Waals surface area (Å²) in [6.07, 6.45) is 4.85. The van der Waals surface area contributed by atoms with Crippen molar-refractivity contribution in [2.24, 2.45) is 0 Å². The number of hydrogen-bond acceptors (Lipinski definition) is 0. The summed E-state index contributed by atoms with van der Waals surface area (Å²) < 4.78 is 2.61. The Labute approximate surface area is 132 Å². The molecule has 3 rings (SSSR count). The first-order chi connectivity index (χ1) is 10.1. The van der Waals surface area contributed by atoms with Crippen molar-refractivity contribution in [1.29, 1.82) is 0 Å². The SMILES string of the molecule is CC(C)(C)[As]1=C(c2ccccc2)C=CC1c1ccccc1. The Morgan fingerprint density at radius 3 is 1.95 bits per heavy atom. The van der Waals surface area contributed by atoms with Crippen molar-refractivity contribution in [3.05, 3.63) is 83.9 Å². The fourth-order valence-electron chi connectivity index (χ4n) is 3.03. The molecule has 0 saturated heterocycles. The Morgan fingerprint density at radius 1 is 0.810 bits per heavy atom. The summed E-state index contributed by atoms with van der Waals surface area (Å²) in [6.45, 7) is 7.25. The molecule has 2 atom stereocenters. The van der Waals surface area contributed by atoms with Crippen LogP contribution in [0.2, 0.25) is 4.20 Å². The molecule has 0 N–H and O–H groups in total. The quantitative estimate of drug-likeness (QED) is 0.678. The van der Waals surface area contributed by atoms with Crippen molar-refractivity contribution in [2.45, 2.75) is 29.7 Å². The van der Waals surface area contributed by atoms with Crippen LogP contribution in [0.25, 0.3) is 0 Å². The molecular weight excluding hydrogens is 315 g/mol. The van der Waals surface area contributed by atoms with E-state index in [9.17, 15) is 0 Å². The molecule has 0 aliphatic carbocycles. The third-order valence-corrected chi connectivity index (χ3v) is 11.0. The molecule has 1 radical (unpaired) electrons. The molecule has 21 heavy (non-hydrogen) atoms. The van der Waals surface area contributed by atoms with Crippen LogP contribution in [0, 0.1) is 0 Å². The molecule has 1 heterocycles. The summed E-state index contributed by atoms with van der Waals surface area (Å²) in [5.41, 5.74) is 2.90. The van der Waals surface area contributed by atoms with E-state index >= 15 is 0 Å². The number of rotatable bonds is 2. The van der Waals surface area contributed by atoms with Crippen LogP contribution >= 0.6 is 0 Å². The zero-order valence-electron chi connectivity index (χ0n) is 13.0.